The quantitative estimate of drug-likeness (QED) is 0.613. The Morgan fingerprint density at radius 2 is 1.16 bits per heavy atom. The van der Waals surface area contributed by atoms with Crippen LogP contribution in [0.25, 0.3) is 0 Å². The molecular formula is C17H30OSi. The molecule has 0 bridgehead atoms. The van der Waals surface area contributed by atoms with Gasteiger partial charge in [0, 0.05) is 0 Å². The van der Waals surface area contributed by atoms with Crippen molar-refractivity contribution in [2.75, 3.05) is 0 Å². The normalized spacial score (nSPS) is 12.6. The van der Waals surface area contributed by atoms with Crippen LogP contribution >= 0.6 is 0 Å². The topological polar surface area (TPSA) is 9.23 Å². The Hall–Kier alpha value is -0.763. The molecule has 0 N–H and O–H groups in total. The van der Waals surface area contributed by atoms with Gasteiger partial charge in [-0.3, -0.25) is 0 Å². The third-order valence-corrected chi connectivity index (χ3v) is 10.4. The lowest BCUT2D eigenvalue weighted by molar-refractivity contribution is 0.474. The van der Waals surface area contributed by atoms with E-state index in [0.717, 1.165) is 5.75 Å². The fraction of sp³-hybridized carbons (Fsp3) is 0.647. The van der Waals surface area contributed by atoms with Crippen molar-refractivity contribution in [2.24, 2.45) is 0 Å². The van der Waals surface area contributed by atoms with Crippen LogP contribution in [0.5, 0.6) is 5.75 Å². The van der Waals surface area contributed by atoms with E-state index in [1.54, 1.807) is 0 Å². The SMILES string of the molecule is Cc1cccc(C)c1O[Si](C(C)C)(C(C)C)C(C)C. The van der Waals surface area contributed by atoms with E-state index in [-0.39, 0.29) is 0 Å². The van der Waals surface area contributed by atoms with Gasteiger partial charge >= 0.3 is 0 Å². The third-order valence-electron chi connectivity index (χ3n) is 4.39. The lowest BCUT2D eigenvalue weighted by Crippen LogP contribution is -2.51. The minimum absolute atomic E-state index is 0.617. The van der Waals surface area contributed by atoms with Crippen molar-refractivity contribution in [3.63, 3.8) is 0 Å². The molecular weight excluding hydrogens is 248 g/mol. The zero-order valence-corrected chi connectivity index (χ0v) is 14.9. The molecule has 0 saturated heterocycles. The molecule has 0 atom stereocenters. The molecule has 0 aliphatic carbocycles. The minimum Gasteiger partial charge on any atom is -0.542 e. The van der Waals surface area contributed by atoms with E-state index < -0.39 is 8.32 Å². The third kappa shape index (κ3) is 3.05. The highest BCUT2D eigenvalue weighted by Gasteiger charge is 2.47. The van der Waals surface area contributed by atoms with Gasteiger partial charge in [0.2, 0.25) is 0 Å². The van der Waals surface area contributed by atoms with Crippen LogP contribution in [0.3, 0.4) is 0 Å². The molecule has 1 aromatic carbocycles. The summed E-state index contributed by atoms with van der Waals surface area (Å²) in [5.41, 5.74) is 4.38. The molecule has 1 rings (SSSR count). The number of hydrogen-bond donors (Lipinski definition) is 0. The molecule has 0 fully saturated rings. The molecule has 1 aromatic rings. The van der Waals surface area contributed by atoms with Crippen LogP contribution < -0.4 is 4.43 Å². The zero-order chi connectivity index (χ0) is 14.8. The van der Waals surface area contributed by atoms with Crippen LogP contribution in [0.2, 0.25) is 16.6 Å². The van der Waals surface area contributed by atoms with Crippen molar-refractivity contribution in [1.29, 1.82) is 0 Å². The molecule has 19 heavy (non-hydrogen) atoms. The van der Waals surface area contributed by atoms with E-state index in [1.165, 1.54) is 11.1 Å². The van der Waals surface area contributed by atoms with Gasteiger partial charge in [-0.2, -0.15) is 0 Å². The zero-order valence-electron chi connectivity index (χ0n) is 13.9. The second kappa shape index (κ2) is 6.13. The first-order chi connectivity index (χ1) is 8.73. The summed E-state index contributed by atoms with van der Waals surface area (Å²) < 4.78 is 6.79. The van der Waals surface area contributed by atoms with Crippen LogP contribution in [0.1, 0.15) is 52.7 Å². The Labute approximate surface area is 120 Å². The van der Waals surface area contributed by atoms with Crippen LogP contribution in [0, 0.1) is 13.8 Å². The van der Waals surface area contributed by atoms with Crippen molar-refractivity contribution in [1.82, 2.24) is 0 Å². The summed E-state index contributed by atoms with van der Waals surface area (Å²) in [6, 6.07) is 6.42. The van der Waals surface area contributed by atoms with Crippen molar-refractivity contribution < 1.29 is 4.43 Å². The highest BCUT2D eigenvalue weighted by Crippen LogP contribution is 2.43. The van der Waals surface area contributed by atoms with Crippen LogP contribution in [-0.4, -0.2) is 8.32 Å². The molecule has 0 radical (unpaired) electrons. The molecule has 2 heteroatoms. The summed E-state index contributed by atoms with van der Waals surface area (Å²) in [6.07, 6.45) is 0. The highest BCUT2D eigenvalue weighted by atomic mass is 28.4. The van der Waals surface area contributed by atoms with Crippen LogP contribution in [0.15, 0.2) is 18.2 Å². The Balaban J connectivity index is 3.29. The van der Waals surface area contributed by atoms with Crippen molar-refractivity contribution >= 4 is 8.32 Å². The van der Waals surface area contributed by atoms with E-state index in [1.807, 2.05) is 0 Å². The second-order valence-corrected chi connectivity index (χ2v) is 12.0. The average Bonchev–Trinajstić information content (AvgIpc) is 2.27. The molecule has 0 saturated carbocycles. The summed E-state index contributed by atoms with van der Waals surface area (Å²) in [5.74, 6) is 1.13. The molecule has 0 aliphatic heterocycles. The fourth-order valence-electron chi connectivity index (χ4n) is 3.49. The lowest BCUT2D eigenvalue weighted by Gasteiger charge is -2.43. The predicted octanol–water partition coefficient (Wildman–Crippen LogP) is 5.86. The van der Waals surface area contributed by atoms with Crippen molar-refractivity contribution in [3.8, 4) is 5.75 Å². The molecule has 0 unspecified atom stereocenters. The maximum atomic E-state index is 6.79. The van der Waals surface area contributed by atoms with E-state index in [4.69, 9.17) is 4.43 Å². The summed E-state index contributed by atoms with van der Waals surface area (Å²) in [4.78, 5) is 0. The van der Waals surface area contributed by atoms with E-state index in [0.29, 0.717) is 16.6 Å². The Morgan fingerprint density at radius 3 is 1.47 bits per heavy atom. The first-order valence-electron chi connectivity index (χ1n) is 7.48. The van der Waals surface area contributed by atoms with Crippen molar-refractivity contribution in [2.45, 2.75) is 72.0 Å². The number of rotatable bonds is 5. The number of benzene rings is 1. The first kappa shape index (κ1) is 16.3. The molecule has 1 nitrogen and oxygen atoms in total. The monoisotopic (exact) mass is 278 g/mol. The maximum Gasteiger partial charge on any atom is 0.258 e. The summed E-state index contributed by atoms with van der Waals surface area (Å²) >= 11 is 0. The van der Waals surface area contributed by atoms with Gasteiger partial charge in [-0.25, -0.2) is 0 Å². The van der Waals surface area contributed by atoms with Crippen molar-refractivity contribution in [3.05, 3.63) is 29.3 Å². The van der Waals surface area contributed by atoms with Gasteiger partial charge in [0.1, 0.15) is 5.75 Å². The Bertz CT molecular complexity index is 379. The standard InChI is InChI=1S/C17H30OSi/c1-12(2)19(13(3)4,14(5)6)18-17-15(7)10-9-11-16(17)8/h9-14H,1-8H3. The number of hydrogen-bond acceptors (Lipinski definition) is 1. The van der Waals surface area contributed by atoms with Gasteiger partial charge in [-0.05, 0) is 41.6 Å². The smallest absolute Gasteiger partial charge is 0.258 e. The summed E-state index contributed by atoms with van der Waals surface area (Å²) in [5, 5.41) is 0. The second-order valence-electron chi connectivity index (χ2n) is 6.64. The average molecular weight is 279 g/mol. The Kier molecular flexibility index (Phi) is 5.25. The molecule has 0 heterocycles. The summed E-state index contributed by atoms with van der Waals surface area (Å²) in [7, 11) is -1.83. The summed E-state index contributed by atoms with van der Waals surface area (Å²) in [6.45, 7) is 18.3. The maximum absolute atomic E-state index is 6.79. The molecule has 0 spiro atoms. The first-order valence-corrected chi connectivity index (χ1v) is 9.62. The Morgan fingerprint density at radius 1 is 0.789 bits per heavy atom. The molecule has 0 aliphatic rings. The largest absolute Gasteiger partial charge is 0.542 e. The minimum atomic E-state index is -1.83. The lowest BCUT2D eigenvalue weighted by atomic mass is 10.1. The molecule has 0 amide bonds. The van der Waals surface area contributed by atoms with Crippen LogP contribution in [0.4, 0.5) is 0 Å². The highest BCUT2D eigenvalue weighted by molar-refractivity contribution is 6.78. The van der Waals surface area contributed by atoms with Crippen LogP contribution in [-0.2, 0) is 0 Å². The number of para-hydroxylation sites is 1. The van der Waals surface area contributed by atoms with Gasteiger partial charge in [0.05, 0.1) is 0 Å². The predicted molar refractivity (Wildman–Crippen MR) is 87.6 cm³/mol. The molecule has 0 aromatic heterocycles. The number of aryl methyl sites for hydroxylation is 2. The van der Waals surface area contributed by atoms with E-state index >= 15 is 0 Å². The van der Waals surface area contributed by atoms with Gasteiger partial charge in [-0.1, -0.05) is 59.7 Å². The molecule has 108 valence electrons. The van der Waals surface area contributed by atoms with Gasteiger partial charge in [-0.15, -0.1) is 0 Å². The van der Waals surface area contributed by atoms with E-state index in [9.17, 15) is 0 Å². The van der Waals surface area contributed by atoms with Gasteiger partial charge in [0.15, 0.2) is 0 Å². The van der Waals surface area contributed by atoms with E-state index in [2.05, 4.69) is 73.6 Å². The fourth-order valence-corrected chi connectivity index (χ4v) is 8.87. The van der Waals surface area contributed by atoms with Gasteiger partial charge in [0.25, 0.3) is 8.32 Å². The van der Waals surface area contributed by atoms with Gasteiger partial charge < -0.3 is 4.43 Å².